The molecule has 0 bridgehead atoms. The van der Waals surface area contributed by atoms with E-state index in [1.165, 1.54) is 11.1 Å². The zero-order chi connectivity index (χ0) is 27.5. The fourth-order valence-corrected chi connectivity index (χ4v) is 5.31. The van der Waals surface area contributed by atoms with Crippen molar-refractivity contribution >= 4 is 46.2 Å². The summed E-state index contributed by atoms with van der Waals surface area (Å²) in [5, 5.41) is 7.07. The molecule has 2 aliphatic heterocycles. The summed E-state index contributed by atoms with van der Waals surface area (Å²) in [5.74, 6) is 1.34. The van der Waals surface area contributed by atoms with Gasteiger partial charge >= 0.3 is 6.03 Å². The lowest BCUT2D eigenvalue weighted by Gasteiger charge is -2.34. The van der Waals surface area contributed by atoms with Gasteiger partial charge in [-0.2, -0.15) is 9.97 Å². The number of carbonyl (C=O) groups excluding carboxylic acids is 1. The van der Waals surface area contributed by atoms with Crippen LogP contribution in [0.15, 0.2) is 54.9 Å². The van der Waals surface area contributed by atoms with Crippen LogP contribution in [0.1, 0.15) is 24.0 Å². The molecule has 2 amide bonds. The molecule has 0 aliphatic carbocycles. The van der Waals surface area contributed by atoms with Gasteiger partial charge in [-0.3, -0.25) is 0 Å². The number of hydrogen-bond donors (Lipinski definition) is 2. The number of imidazole rings is 1. The Balaban J connectivity index is 1.21. The largest absolute Gasteiger partial charge is 0.376 e. The molecule has 0 spiro atoms. The molecule has 4 heterocycles. The molecule has 6 rings (SSSR count). The van der Waals surface area contributed by atoms with E-state index in [1.807, 2.05) is 11.2 Å². The van der Waals surface area contributed by atoms with Gasteiger partial charge in [-0.25, -0.2) is 9.78 Å². The molecule has 2 saturated heterocycles. The van der Waals surface area contributed by atoms with Crippen LogP contribution < -0.4 is 15.5 Å². The van der Waals surface area contributed by atoms with Crippen LogP contribution in [0.4, 0.5) is 22.2 Å². The van der Waals surface area contributed by atoms with Gasteiger partial charge in [0.1, 0.15) is 0 Å². The first-order valence-electron chi connectivity index (χ1n) is 13.7. The van der Waals surface area contributed by atoms with Crippen molar-refractivity contribution in [3.8, 4) is 0 Å². The van der Waals surface area contributed by atoms with E-state index in [9.17, 15) is 4.79 Å². The Labute approximate surface area is 238 Å². The third-order valence-electron chi connectivity index (χ3n) is 7.35. The maximum absolute atomic E-state index is 12.8. The van der Waals surface area contributed by atoms with E-state index in [4.69, 9.17) is 31.3 Å². The highest BCUT2D eigenvalue weighted by atomic mass is 35.5. The van der Waals surface area contributed by atoms with Gasteiger partial charge in [-0.1, -0.05) is 41.4 Å². The van der Waals surface area contributed by atoms with E-state index in [2.05, 4.69) is 51.3 Å². The van der Waals surface area contributed by atoms with E-state index < -0.39 is 0 Å². The molecule has 1 unspecified atom stereocenters. The van der Waals surface area contributed by atoms with Crippen molar-refractivity contribution in [1.82, 2.24) is 24.4 Å². The molecule has 40 heavy (non-hydrogen) atoms. The zero-order valence-corrected chi connectivity index (χ0v) is 23.3. The highest BCUT2D eigenvalue weighted by Crippen LogP contribution is 2.25. The predicted molar refractivity (Wildman–Crippen MR) is 157 cm³/mol. The summed E-state index contributed by atoms with van der Waals surface area (Å²) in [6, 6.07) is 15.4. The Kier molecular flexibility index (Phi) is 7.70. The van der Waals surface area contributed by atoms with Crippen molar-refractivity contribution in [1.29, 1.82) is 0 Å². The Morgan fingerprint density at radius 2 is 1.93 bits per heavy atom. The summed E-state index contributed by atoms with van der Waals surface area (Å²) in [4.78, 5) is 31.4. The monoisotopic (exact) mass is 560 g/mol. The van der Waals surface area contributed by atoms with Gasteiger partial charge < -0.3 is 29.7 Å². The van der Waals surface area contributed by atoms with Crippen LogP contribution in [0.5, 0.6) is 0 Å². The number of urea groups is 1. The molecule has 0 radical (unpaired) electrons. The SMILES string of the molecule is Cc1cccc(Cn2cnc3c(NCC4CCCO4)nc(N4CCN(C(=O)Nc5ccc(Cl)cc5)CC4)nc32)c1. The molecule has 208 valence electrons. The first-order valence-corrected chi connectivity index (χ1v) is 14.1. The number of benzene rings is 2. The van der Waals surface area contributed by atoms with E-state index in [0.29, 0.717) is 56.1 Å². The van der Waals surface area contributed by atoms with Crippen molar-refractivity contribution in [2.24, 2.45) is 0 Å². The van der Waals surface area contributed by atoms with Crippen LogP contribution in [-0.2, 0) is 11.3 Å². The molecule has 4 aromatic rings. The van der Waals surface area contributed by atoms with Gasteiger partial charge in [0.05, 0.1) is 19.0 Å². The number of halogens is 1. The summed E-state index contributed by atoms with van der Waals surface area (Å²) >= 11 is 5.96. The van der Waals surface area contributed by atoms with Gasteiger partial charge in [0.2, 0.25) is 5.95 Å². The number of rotatable bonds is 7. The second-order valence-corrected chi connectivity index (χ2v) is 10.8. The van der Waals surface area contributed by atoms with Crippen LogP contribution >= 0.6 is 11.6 Å². The fraction of sp³-hybridized carbons (Fsp3) is 0.379. The van der Waals surface area contributed by atoms with Crippen molar-refractivity contribution in [3.05, 3.63) is 71.0 Å². The predicted octanol–water partition coefficient (Wildman–Crippen LogP) is 4.78. The van der Waals surface area contributed by atoms with Crippen molar-refractivity contribution in [3.63, 3.8) is 0 Å². The van der Waals surface area contributed by atoms with Gasteiger partial charge in [0.15, 0.2) is 17.0 Å². The highest BCUT2D eigenvalue weighted by molar-refractivity contribution is 6.30. The Morgan fingerprint density at radius 3 is 2.67 bits per heavy atom. The summed E-state index contributed by atoms with van der Waals surface area (Å²) in [5.41, 5.74) is 4.65. The molecule has 2 aromatic heterocycles. The molecular formula is C29H33ClN8O2. The molecule has 2 fully saturated rings. The lowest BCUT2D eigenvalue weighted by molar-refractivity contribution is 0.120. The number of hydrogen-bond acceptors (Lipinski definition) is 7. The maximum atomic E-state index is 12.8. The third-order valence-corrected chi connectivity index (χ3v) is 7.61. The van der Waals surface area contributed by atoms with Gasteiger partial charge in [0, 0.05) is 50.0 Å². The van der Waals surface area contributed by atoms with Crippen molar-refractivity contribution < 1.29 is 9.53 Å². The maximum Gasteiger partial charge on any atom is 0.321 e. The minimum atomic E-state index is -0.131. The quantitative estimate of drug-likeness (QED) is 0.335. The summed E-state index contributed by atoms with van der Waals surface area (Å²) in [6.07, 6.45) is 4.13. The minimum Gasteiger partial charge on any atom is -0.376 e. The number of fused-ring (bicyclic) bond motifs is 1. The highest BCUT2D eigenvalue weighted by Gasteiger charge is 2.25. The van der Waals surface area contributed by atoms with E-state index >= 15 is 0 Å². The Bertz CT molecular complexity index is 1480. The second kappa shape index (κ2) is 11.7. The molecular weight excluding hydrogens is 528 g/mol. The van der Waals surface area contributed by atoms with Gasteiger partial charge in [-0.05, 0) is 49.6 Å². The zero-order valence-electron chi connectivity index (χ0n) is 22.5. The number of nitrogens with zero attached hydrogens (tertiary/aromatic N) is 6. The second-order valence-electron chi connectivity index (χ2n) is 10.3. The van der Waals surface area contributed by atoms with Crippen LogP contribution in [0.3, 0.4) is 0 Å². The number of nitrogens with one attached hydrogen (secondary N) is 2. The third kappa shape index (κ3) is 5.97. The van der Waals surface area contributed by atoms with Crippen molar-refractivity contribution in [2.45, 2.75) is 32.4 Å². The van der Waals surface area contributed by atoms with Gasteiger partial charge in [-0.15, -0.1) is 0 Å². The average Bonchev–Trinajstić information content (AvgIpc) is 3.63. The normalized spacial score (nSPS) is 17.4. The molecule has 1 atom stereocenters. The molecule has 11 heteroatoms. The number of carbonyl (C=O) groups is 1. The first kappa shape index (κ1) is 26.3. The summed E-state index contributed by atoms with van der Waals surface area (Å²) in [6.45, 7) is 6.60. The van der Waals surface area contributed by atoms with Crippen molar-refractivity contribution in [2.75, 3.05) is 54.9 Å². The standard InChI is InChI=1S/C29H33ClN8O2/c1-20-4-2-5-21(16-20)18-38-19-32-25-26(31-17-24-6-3-15-40-24)34-28(35-27(25)38)36-11-13-37(14-12-36)29(39)33-23-9-7-22(30)8-10-23/h2,4-5,7-10,16,19,24H,3,6,11-15,17-18H2,1H3,(H,33,39)(H,31,34,35). The lowest BCUT2D eigenvalue weighted by atomic mass is 10.1. The first-order chi connectivity index (χ1) is 19.5. The molecule has 0 saturated carbocycles. The van der Waals surface area contributed by atoms with Crippen LogP contribution in [0.2, 0.25) is 5.02 Å². The summed E-state index contributed by atoms with van der Waals surface area (Å²) < 4.78 is 7.89. The average molecular weight is 561 g/mol. The number of anilines is 3. The van der Waals surface area contributed by atoms with Crippen LogP contribution in [-0.4, -0.2) is 75.9 Å². The number of amides is 2. The molecule has 2 aromatic carbocycles. The molecule has 2 aliphatic rings. The van der Waals surface area contributed by atoms with Crippen LogP contribution in [0, 0.1) is 6.92 Å². The molecule has 2 N–H and O–H groups in total. The van der Waals surface area contributed by atoms with Crippen LogP contribution in [0.25, 0.3) is 11.2 Å². The van der Waals surface area contributed by atoms with E-state index in [-0.39, 0.29) is 12.1 Å². The number of ether oxygens (including phenoxy) is 1. The Hall–Kier alpha value is -3.89. The number of piperazine rings is 1. The fourth-order valence-electron chi connectivity index (χ4n) is 5.18. The van der Waals surface area contributed by atoms with E-state index in [0.717, 1.165) is 36.3 Å². The topological polar surface area (TPSA) is 100 Å². The van der Waals surface area contributed by atoms with E-state index in [1.54, 1.807) is 24.3 Å². The Morgan fingerprint density at radius 1 is 1.10 bits per heavy atom. The number of aryl methyl sites for hydroxylation is 1. The van der Waals surface area contributed by atoms with Gasteiger partial charge in [0.25, 0.3) is 0 Å². The molecule has 10 nitrogen and oxygen atoms in total. The smallest absolute Gasteiger partial charge is 0.321 e. The minimum absolute atomic E-state index is 0.131. The number of aromatic nitrogens is 4. The summed E-state index contributed by atoms with van der Waals surface area (Å²) in [7, 11) is 0. The lowest BCUT2D eigenvalue weighted by Crippen LogP contribution is -2.50.